The van der Waals surface area contributed by atoms with E-state index in [9.17, 15) is 9.18 Å². The van der Waals surface area contributed by atoms with Gasteiger partial charge in [0.05, 0.1) is 16.4 Å². The molecule has 3 aromatic rings. The summed E-state index contributed by atoms with van der Waals surface area (Å²) in [7, 11) is 1.86. The fourth-order valence-electron chi connectivity index (χ4n) is 2.50. The molecule has 2 aromatic carbocycles. The molecule has 0 aliphatic rings. The van der Waals surface area contributed by atoms with Crippen LogP contribution in [0.1, 0.15) is 5.56 Å². The van der Waals surface area contributed by atoms with Gasteiger partial charge in [-0.15, -0.1) is 0 Å². The fraction of sp³-hybridized carbons (Fsp3) is 0.111. The Morgan fingerprint density at radius 3 is 2.40 bits per heavy atom. The van der Waals surface area contributed by atoms with Gasteiger partial charge >= 0.3 is 6.03 Å². The number of hydrogen-bond acceptors (Lipinski definition) is 2. The van der Waals surface area contributed by atoms with E-state index < -0.39 is 6.03 Å². The second-order valence-electron chi connectivity index (χ2n) is 5.58. The van der Waals surface area contributed by atoms with Gasteiger partial charge in [-0.2, -0.15) is 5.10 Å². The van der Waals surface area contributed by atoms with Crippen molar-refractivity contribution < 1.29 is 9.18 Å². The van der Waals surface area contributed by atoms with E-state index in [-0.39, 0.29) is 5.82 Å². The summed E-state index contributed by atoms with van der Waals surface area (Å²) >= 11 is 3.50. The summed E-state index contributed by atoms with van der Waals surface area (Å²) in [5.41, 5.74) is 4.12. The van der Waals surface area contributed by atoms with Crippen LogP contribution in [0.25, 0.3) is 11.3 Å². The maximum atomic E-state index is 12.9. The topological polar surface area (TPSA) is 59.0 Å². The summed E-state index contributed by atoms with van der Waals surface area (Å²) in [6, 6.07) is 10.8. The predicted octanol–water partition coefficient (Wildman–Crippen LogP) is 4.94. The molecule has 0 bridgehead atoms. The van der Waals surface area contributed by atoms with Crippen molar-refractivity contribution in [1.29, 1.82) is 0 Å². The van der Waals surface area contributed by atoms with Crippen molar-refractivity contribution >= 4 is 33.3 Å². The third-order valence-corrected chi connectivity index (χ3v) is 4.33. The number of benzene rings is 2. The van der Waals surface area contributed by atoms with Crippen LogP contribution in [-0.2, 0) is 7.05 Å². The zero-order chi connectivity index (χ0) is 18.0. The number of aryl methyl sites for hydroxylation is 2. The first-order valence-corrected chi connectivity index (χ1v) is 8.35. The van der Waals surface area contributed by atoms with Crippen LogP contribution in [0.3, 0.4) is 0 Å². The Bertz CT molecular complexity index is 902. The minimum Gasteiger partial charge on any atom is -0.308 e. The van der Waals surface area contributed by atoms with Gasteiger partial charge in [0.25, 0.3) is 0 Å². The summed E-state index contributed by atoms with van der Waals surface area (Å²) in [4.78, 5) is 12.1. The molecule has 3 rings (SSSR count). The van der Waals surface area contributed by atoms with E-state index >= 15 is 0 Å². The first-order valence-electron chi connectivity index (χ1n) is 7.56. The van der Waals surface area contributed by atoms with Crippen LogP contribution in [0.15, 0.2) is 53.1 Å². The van der Waals surface area contributed by atoms with Gasteiger partial charge in [0, 0.05) is 24.0 Å². The minimum absolute atomic E-state index is 0.351. The van der Waals surface area contributed by atoms with Gasteiger partial charge in [0.15, 0.2) is 0 Å². The average molecular weight is 403 g/mol. The first kappa shape index (κ1) is 17.2. The van der Waals surface area contributed by atoms with Gasteiger partial charge in [0.1, 0.15) is 5.82 Å². The van der Waals surface area contributed by atoms with E-state index in [0.29, 0.717) is 11.4 Å². The maximum Gasteiger partial charge on any atom is 0.323 e. The highest BCUT2D eigenvalue weighted by atomic mass is 79.9. The van der Waals surface area contributed by atoms with Crippen LogP contribution in [0.4, 0.5) is 20.6 Å². The number of carbonyl (C=O) groups excluding carboxylic acids is 1. The summed E-state index contributed by atoms with van der Waals surface area (Å²) in [6.07, 6.45) is 1.73. The summed E-state index contributed by atoms with van der Waals surface area (Å²) < 4.78 is 15.6. The highest BCUT2D eigenvalue weighted by molar-refractivity contribution is 9.10. The molecular formula is C18H16BrFN4O. The Morgan fingerprint density at radius 2 is 1.76 bits per heavy atom. The number of rotatable bonds is 3. The Kier molecular flexibility index (Phi) is 4.85. The highest BCUT2D eigenvalue weighted by Gasteiger charge is 2.13. The summed E-state index contributed by atoms with van der Waals surface area (Å²) in [5, 5.41) is 9.68. The van der Waals surface area contributed by atoms with Crippen molar-refractivity contribution in [2.75, 3.05) is 10.6 Å². The number of carbonyl (C=O) groups is 1. The number of hydrogen-bond donors (Lipinski definition) is 2. The van der Waals surface area contributed by atoms with Gasteiger partial charge < -0.3 is 10.6 Å². The number of amides is 2. The average Bonchev–Trinajstić information content (AvgIpc) is 2.90. The molecule has 0 aliphatic carbocycles. The standard InChI is InChI=1S/C18H16BrFN4O/c1-11-3-6-14(9-15(11)17-16(19)10-21-24(17)2)23-18(25)22-13-7-4-12(20)5-8-13/h3-10H,1-2H3,(H2,22,23,25). The lowest BCUT2D eigenvalue weighted by Gasteiger charge is -2.12. The molecule has 0 atom stereocenters. The van der Waals surface area contributed by atoms with Crippen molar-refractivity contribution in [3.05, 3.63) is 64.5 Å². The lowest BCUT2D eigenvalue weighted by molar-refractivity contribution is 0.262. The number of nitrogens with one attached hydrogen (secondary N) is 2. The Morgan fingerprint density at radius 1 is 1.12 bits per heavy atom. The van der Waals surface area contributed by atoms with Gasteiger partial charge in [-0.3, -0.25) is 4.68 Å². The van der Waals surface area contributed by atoms with Crippen molar-refractivity contribution in [3.63, 3.8) is 0 Å². The molecule has 0 aliphatic heterocycles. The third-order valence-electron chi connectivity index (χ3n) is 3.75. The molecular weight excluding hydrogens is 387 g/mol. The molecule has 128 valence electrons. The Balaban J connectivity index is 1.80. The van der Waals surface area contributed by atoms with E-state index in [1.54, 1.807) is 10.9 Å². The van der Waals surface area contributed by atoms with Crippen LogP contribution < -0.4 is 10.6 Å². The van der Waals surface area contributed by atoms with Crippen LogP contribution in [0.5, 0.6) is 0 Å². The zero-order valence-corrected chi connectivity index (χ0v) is 15.3. The molecule has 2 amide bonds. The molecule has 1 aromatic heterocycles. The Labute approximate surface area is 153 Å². The van der Waals surface area contributed by atoms with Crippen LogP contribution in [0.2, 0.25) is 0 Å². The van der Waals surface area contributed by atoms with Gasteiger partial charge in [-0.05, 0) is 64.8 Å². The molecule has 7 heteroatoms. The van der Waals surface area contributed by atoms with Crippen LogP contribution >= 0.6 is 15.9 Å². The SMILES string of the molecule is Cc1ccc(NC(=O)Nc2ccc(F)cc2)cc1-c1c(Br)cnn1C. The van der Waals surface area contributed by atoms with Crippen LogP contribution in [0, 0.1) is 12.7 Å². The maximum absolute atomic E-state index is 12.9. The Hall–Kier alpha value is -2.67. The second-order valence-corrected chi connectivity index (χ2v) is 6.43. The van der Waals surface area contributed by atoms with Crippen molar-refractivity contribution in [2.24, 2.45) is 7.05 Å². The monoisotopic (exact) mass is 402 g/mol. The molecule has 0 saturated heterocycles. The number of urea groups is 1. The normalized spacial score (nSPS) is 10.6. The molecule has 5 nitrogen and oxygen atoms in total. The summed E-state index contributed by atoms with van der Waals surface area (Å²) in [6.45, 7) is 2.00. The molecule has 2 N–H and O–H groups in total. The van der Waals surface area contributed by atoms with Gasteiger partial charge in [-0.1, -0.05) is 6.07 Å². The quantitative estimate of drug-likeness (QED) is 0.651. The molecule has 0 radical (unpaired) electrons. The van der Waals surface area contributed by atoms with Crippen molar-refractivity contribution in [3.8, 4) is 11.3 Å². The predicted molar refractivity (Wildman–Crippen MR) is 100 cm³/mol. The molecule has 0 unspecified atom stereocenters. The highest BCUT2D eigenvalue weighted by Crippen LogP contribution is 2.32. The largest absolute Gasteiger partial charge is 0.323 e. The fourth-order valence-corrected chi connectivity index (χ4v) is 3.06. The molecule has 25 heavy (non-hydrogen) atoms. The molecule has 0 spiro atoms. The van der Waals surface area contributed by atoms with Gasteiger partial charge in [-0.25, -0.2) is 9.18 Å². The van der Waals surface area contributed by atoms with Crippen LogP contribution in [-0.4, -0.2) is 15.8 Å². The zero-order valence-electron chi connectivity index (χ0n) is 13.7. The van der Waals surface area contributed by atoms with E-state index in [4.69, 9.17) is 0 Å². The lowest BCUT2D eigenvalue weighted by Crippen LogP contribution is -2.19. The smallest absolute Gasteiger partial charge is 0.308 e. The second kappa shape index (κ2) is 7.06. The number of halogens is 2. The van der Waals surface area contributed by atoms with Crippen molar-refractivity contribution in [1.82, 2.24) is 9.78 Å². The third kappa shape index (κ3) is 3.88. The molecule has 0 fully saturated rings. The molecule has 1 heterocycles. The van der Waals surface area contributed by atoms with Crippen molar-refractivity contribution in [2.45, 2.75) is 6.92 Å². The van der Waals surface area contributed by atoms with E-state index in [0.717, 1.165) is 21.3 Å². The van der Waals surface area contributed by atoms with E-state index in [1.807, 2.05) is 32.2 Å². The lowest BCUT2D eigenvalue weighted by atomic mass is 10.0. The first-order chi connectivity index (χ1) is 11.9. The minimum atomic E-state index is -0.398. The van der Waals surface area contributed by atoms with E-state index in [1.165, 1.54) is 24.3 Å². The number of aromatic nitrogens is 2. The molecule has 0 saturated carbocycles. The van der Waals surface area contributed by atoms with Gasteiger partial charge in [0.2, 0.25) is 0 Å². The summed E-state index contributed by atoms with van der Waals surface area (Å²) in [5.74, 6) is -0.351. The number of nitrogens with zero attached hydrogens (tertiary/aromatic N) is 2. The number of anilines is 2. The van der Waals surface area contributed by atoms with E-state index in [2.05, 4.69) is 31.7 Å².